The quantitative estimate of drug-likeness (QED) is 0.204. The van der Waals surface area contributed by atoms with Gasteiger partial charge in [-0.2, -0.15) is 0 Å². The number of allylic oxidation sites excluding steroid dienone is 10. The van der Waals surface area contributed by atoms with Gasteiger partial charge in [-0.05, 0) is 93.5 Å². The van der Waals surface area contributed by atoms with E-state index in [9.17, 15) is 0 Å². The molecule has 208 valence electrons. The average molecular weight is 567 g/mol. The predicted octanol–water partition coefficient (Wildman–Crippen LogP) is 6.52. The summed E-state index contributed by atoms with van der Waals surface area (Å²) in [5.74, 6) is 0. The van der Waals surface area contributed by atoms with Gasteiger partial charge in [0.1, 0.15) is 23.2 Å². The van der Waals surface area contributed by atoms with Gasteiger partial charge in [0, 0.05) is 0 Å². The van der Waals surface area contributed by atoms with Crippen molar-refractivity contribution in [2.45, 2.75) is 53.9 Å². The second kappa shape index (κ2) is 14.6. The van der Waals surface area contributed by atoms with Crippen molar-refractivity contribution in [3.05, 3.63) is 150 Å². The lowest BCUT2D eigenvalue weighted by Crippen LogP contribution is -3.00. The van der Waals surface area contributed by atoms with Crippen molar-refractivity contribution < 1.29 is 12.4 Å². The number of halogens is 1. The number of hydrogen-bond donors (Lipinski definition) is 0. The first-order valence-electron chi connectivity index (χ1n) is 14.3. The molecule has 0 aliphatic heterocycles. The predicted molar refractivity (Wildman–Crippen MR) is 176 cm³/mol. The summed E-state index contributed by atoms with van der Waals surface area (Å²) in [7, 11) is -1.85. The van der Waals surface area contributed by atoms with Gasteiger partial charge in [-0.15, -0.1) is 0 Å². The lowest BCUT2D eigenvalue weighted by molar-refractivity contribution is -0.00000832. The van der Waals surface area contributed by atoms with Gasteiger partial charge in [-0.1, -0.05) is 116 Å². The van der Waals surface area contributed by atoms with Crippen LogP contribution in [0.15, 0.2) is 150 Å². The second-order valence-electron chi connectivity index (χ2n) is 11.5. The van der Waals surface area contributed by atoms with Crippen LogP contribution in [0.1, 0.15) is 53.9 Å². The summed E-state index contributed by atoms with van der Waals surface area (Å²) in [6, 6.07) is 33.3. The molecule has 1 aliphatic carbocycles. The van der Waals surface area contributed by atoms with E-state index in [4.69, 9.17) is 0 Å². The third kappa shape index (κ3) is 7.63. The molecule has 0 fully saturated rings. The van der Waals surface area contributed by atoms with Gasteiger partial charge in [-0.25, -0.2) is 0 Å². The van der Waals surface area contributed by atoms with E-state index in [1.54, 1.807) is 5.57 Å². The van der Waals surface area contributed by atoms with E-state index < -0.39 is 7.26 Å². The molecule has 1 aliphatic rings. The molecule has 40 heavy (non-hydrogen) atoms. The molecule has 0 unspecified atom stereocenters. The van der Waals surface area contributed by atoms with Gasteiger partial charge in [-0.3, -0.25) is 0 Å². The van der Waals surface area contributed by atoms with Gasteiger partial charge < -0.3 is 12.4 Å². The Hall–Kier alpha value is -2.92. The summed E-state index contributed by atoms with van der Waals surface area (Å²) < 4.78 is 0. The van der Waals surface area contributed by atoms with E-state index >= 15 is 0 Å². The highest BCUT2D eigenvalue weighted by Crippen LogP contribution is 2.55. The van der Waals surface area contributed by atoms with Crippen LogP contribution in [-0.2, 0) is 0 Å². The van der Waals surface area contributed by atoms with Crippen molar-refractivity contribution in [3.8, 4) is 0 Å². The number of rotatable bonds is 9. The molecule has 0 nitrogen and oxygen atoms in total. The molecule has 0 spiro atoms. The summed E-state index contributed by atoms with van der Waals surface area (Å²) in [4.78, 5) is 0. The molecular formula is C38H44ClP. The van der Waals surface area contributed by atoms with Gasteiger partial charge in [0.25, 0.3) is 0 Å². The van der Waals surface area contributed by atoms with Crippen LogP contribution in [0.4, 0.5) is 0 Å². The molecule has 0 heterocycles. The van der Waals surface area contributed by atoms with Crippen molar-refractivity contribution in [3.63, 3.8) is 0 Å². The Balaban J connectivity index is 0.00000441. The van der Waals surface area contributed by atoms with Crippen LogP contribution in [0.2, 0.25) is 0 Å². The third-order valence-corrected chi connectivity index (χ3v) is 12.3. The highest BCUT2D eigenvalue weighted by Gasteiger charge is 2.44. The average Bonchev–Trinajstić information content (AvgIpc) is 2.94. The molecule has 0 saturated heterocycles. The zero-order valence-electron chi connectivity index (χ0n) is 24.8. The zero-order chi connectivity index (χ0) is 27.7. The molecule has 4 rings (SSSR count). The van der Waals surface area contributed by atoms with E-state index in [1.165, 1.54) is 51.9 Å². The Morgan fingerprint density at radius 1 is 0.750 bits per heavy atom. The highest BCUT2D eigenvalue weighted by molar-refractivity contribution is 7.95. The standard InChI is InChI=1S/C38H44P.ClH/c1-31(26-27-37-33(3)19-16-29-38(37,4)5)17-15-18-32(2)28-30-39(34-20-9-6-10-21-34,35-22-11-7-12-23-35)36-24-13-8-14-25-36;/h6-15,17-18,20-28H,16,19,29-30H2,1-5H3;1H/q+1;/p-1/b18-15+,27-26+,31-17+,32-28+;. The lowest BCUT2D eigenvalue weighted by atomic mass is 9.72. The van der Waals surface area contributed by atoms with Crippen molar-refractivity contribution in [1.82, 2.24) is 0 Å². The Labute approximate surface area is 250 Å². The lowest BCUT2D eigenvalue weighted by Gasteiger charge is -2.32. The number of benzene rings is 3. The maximum atomic E-state index is 2.44. The Kier molecular flexibility index (Phi) is 11.6. The first kappa shape index (κ1) is 31.6. The molecule has 0 aromatic heterocycles. The summed E-state index contributed by atoms with van der Waals surface area (Å²) >= 11 is 0. The smallest absolute Gasteiger partial charge is 0.115 e. The van der Waals surface area contributed by atoms with Crippen molar-refractivity contribution in [2.75, 3.05) is 6.16 Å². The number of hydrogen-bond acceptors (Lipinski definition) is 0. The van der Waals surface area contributed by atoms with Crippen molar-refractivity contribution in [1.29, 1.82) is 0 Å². The fraction of sp³-hybridized carbons (Fsp3) is 0.263. The van der Waals surface area contributed by atoms with Crippen molar-refractivity contribution >= 4 is 23.2 Å². The van der Waals surface area contributed by atoms with Gasteiger partial charge in [0.2, 0.25) is 0 Å². The normalized spacial score (nSPS) is 16.4. The van der Waals surface area contributed by atoms with Gasteiger partial charge >= 0.3 is 0 Å². The fourth-order valence-corrected chi connectivity index (χ4v) is 9.92. The summed E-state index contributed by atoms with van der Waals surface area (Å²) in [6.07, 6.45) is 18.6. The molecule has 3 aromatic carbocycles. The maximum absolute atomic E-state index is 2.44. The maximum Gasteiger partial charge on any atom is 0.115 e. The van der Waals surface area contributed by atoms with E-state index in [-0.39, 0.29) is 17.8 Å². The van der Waals surface area contributed by atoms with Gasteiger partial charge in [0.15, 0.2) is 0 Å². The van der Waals surface area contributed by atoms with E-state index in [0.29, 0.717) is 0 Å². The molecule has 0 amide bonds. The van der Waals surface area contributed by atoms with E-state index in [2.05, 4.69) is 162 Å². The minimum absolute atomic E-state index is 0. The highest BCUT2D eigenvalue weighted by atomic mass is 35.5. The summed E-state index contributed by atoms with van der Waals surface area (Å²) in [5, 5.41) is 4.27. The van der Waals surface area contributed by atoms with Crippen LogP contribution in [-0.4, -0.2) is 6.16 Å². The third-order valence-electron chi connectivity index (χ3n) is 8.05. The van der Waals surface area contributed by atoms with Crippen LogP contribution in [0.3, 0.4) is 0 Å². The Bertz CT molecular complexity index is 1280. The fourth-order valence-electron chi connectivity index (χ4n) is 5.79. The molecule has 0 radical (unpaired) electrons. The second-order valence-corrected chi connectivity index (χ2v) is 15.0. The molecule has 0 bridgehead atoms. The minimum atomic E-state index is -1.85. The van der Waals surface area contributed by atoms with Gasteiger partial charge in [0.05, 0.1) is 6.16 Å². The molecule has 0 atom stereocenters. The first-order chi connectivity index (χ1) is 18.8. The first-order valence-corrected chi connectivity index (χ1v) is 16.3. The van der Waals surface area contributed by atoms with Crippen LogP contribution in [0.25, 0.3) is 0 Å². The van der Waals surface area contributed by atoms with Crippen LogP contribution < -0.4 is 28.3 Å². The molecule has 2 heteroatoms. The summed E-state index contributed by atoms with van der Waals surface area (Å²) in [6.45, 7) is 11.5. The largest absolute Gasteiger partial charge is 1.00 e. The topological polar surface area (TPSA) is 0 Å². The Morgan fingerprint density at radius 3 is 1.73 bits per heavy atom. The zero-order valence-corrected chi connectivity index (χ0v) is 26.4. The molecule has 0 saturated carbocycles. The molecule has 0 N–H and O–H groups in total. The summed E-state index contributed by atoms with van der Waals surface area (Å²) in [5.41, 5.74) is 5.92. The van der Waals surface area contributed by atoms with E-state index in [1.807, 2.05) is 0 Å². The van der Waals surface area contributed by atoms with Crippen LogP contribution >= 0.6 is 7.26 Å². The van der Waals surface area contributed by atoms with Crippen molar-refractivity contribution in [2.24, 2.45) is 5.41 Å². The molecule has 3 aromatic rings. The SMILES string of the molecule is CC1=C(/C=C/C(C)=C/C=C/C(C)=C/C[P+](c2ccccc2)(c2ccccc2)c2ccccc2)C(C)(C)CCC1.[Cl-]. The monoisotopic (exact) mass is 566 g/mol. The van der Waals surface area contributed by atoms with Crippen LogP contribution in [0, 0.1) is 5.41 Å². The van der Waals surface area contributed by atoms with E-state index in [0.717, 1.165) is 6.16 Å². The van der Waals surface area contributed by atoms with Crippen LogP contribution in [0.5, 0.6) is 0 Å². The minimum Gasteiger partial charge on any atom is -1.00 e. The Morgan fingerprint density at radius 2 is 1.25 bits per heavy atom. The molecular weight excluding hydrogens is 523 g/mol.